The number of fused-ring (bicyclic) bond motifs is 1. The summed E-state index contributed by atoms with van der Waals surface area (Å²) >= 11 is 0. The summed E-state index contributed by atoms with van der Waals surface area (Å²) < 4.78 is 7.50. The Kier molecular flexibility index (Phi) is 3.25. The average Bonchev–Trinajstić information content (AvgIpc) is 3.03. The monoisotopic (exact) mass is 257 g/mol. The number of imidazole rings is 1. The molecule has 1 aromatic carbocycles. The molecule has 0 spiro atoms. The standard InChI is InChI=1S/C15H19N3O/c1-18-8-7-17-15(18)13(16)4-2-11-3-5-14-12(10-11)6-9-19-14/h3,5,7-8,10,13H,2,4,6,9,16H2,1H3. The highest BCUT2D eigenvalue weighted by atomic mass is 16.5. The van der Waals surface area contributed by atoms with Gasteiger partial charge in [-0.15, -0.1) is 0 Å². The highest BCUT2D eigenvalue weighted by molar-refractivity contribution is 5.39. The highest BCUT2D eigenvalue weighted by Crippen LogP contribution is 2.26. The van der Waals surface area contributed by atoms with Gasteiger partial charge in [-0.2, -0.15) is 0 Å². The summed E-state index contributed by atoms with van der Waals surface area (Å²) in [6.45, 7) is 0.811. The minimum Gasteiger partial charge on any atom is -0.493 e. The molecule has 1 aliphatic rings. The van der Waals surface area contributed by atoms with Crippen molar-refractivity contribution in [3.8, 4) is 5.75 Å². The van der Waals surface area contributed by atoms with Crippen LogP contribution in [0.5, 0.6) is 5.75 Å². The van der Waals surface area contributed by atoms with E-state index in [0.717, 1.165) is 37.4 Å². The molecule has 1 aliphatic heterocycles. The molecule has 0 aliphatic carbocycles. The number of hydrogen-bond donors (Lipinski definition) is 1. The molecule has 0 saturated heterocycles. The van der Waals surface area contributed by atoms with Crippen LogP contribution in [0, 0.1) is 0 Å². The van der Waals surface area contributed by atoms with E-state index in [4.69, 9.17) is 10.5 Å². The summed E-state index contributed by atoms with van der Waals surface area (Å²) in [7, 11) is 1.98. The molecule has 2 heterocycles. The Morgan fingerprint density at radius 2 is 2.37 bits per heavy atom. The summed E-state index contributed by atoms with van der Waals surface area (Å²) in [5.41, 5.74) is 8.84. The van der Waals surface area contributed by atoms with Gasteiger partial charge in [0.05, 0.1) is 12.6 Å². The number of aryl methyl sites for hydroxylation is 2. The molecular weight excluding hydrogens is 238 g/mol. The van der Waals surface area contributed by atoms with Crippen LogP contribution >= 0.6 is 0 Å². The Morgan fingerprint density at radius 3 is 3.16 bits per heavy atom. The van der Waals surface area contributed by atoms with Crippen molar-refractivity contribution in [2.24, 2.45) is 12.8 Å². The van der Waals surface area contributed by atoms with Crippen LogP contribution in [-0.4, -0.2) is 16.2 Å². The molecule has 1 unspecified atom stereocenters. The molecule has 0 radical (unpaired) electrons. The molecule has 1 atom stereocenters. The van der Waals surface area contributed by atoms with Crippen molar-refractivity contribution in [2.45, 2.75) is 25.3 Å². The molecule has 4 heteroatoms. The van der Waals surface area contributed by atoms with Crippen molar-refractivity contribution in [1.29, 1.82) is 0 Å². The number of nitrogens with two attached hydrogens (primary N) is 1. The van der Waals surface area contributed by atoms with E-state index in [1.54, 1.807) is 6.20 Å². The summed E-state index contributed by atoms with van der Waals surface area (Å²) in [6.07, 6.45) is 6.63. The number of hydrogen-bond acceptors (Lipinski definition) is 3. The topological polar surface area (TPSA) is 53.1 Å². The first-order valence-corrected chi connectivity index (χ1v) is 6.71. The summed E-state index contributed by atoms with van der Waals surface area (Å²) in [5, 5.41) is 0. The van der Waals surface area contributed by atoms with Gasteiger partial charge in [-0.05, 0) is 30.0 Å². The van der Waals surface area contributed by atoms with Gasteiger partial charge in [-0.3, -0.25) is 0 Å². The third-order valence-corrected chi connectivity index (χ3v) is 3.69. The maximum Gasteiger partial charge on any atom is 0.125 e. The molecule has 0 amide bonds. The molecule has 0 bridgehead atoms. The maximum atomic E-state index is 6.19. The number of nitrogens with zero attached hydrogens (tertiary/aromatic N) is 2. The Morgan fingerprint density at radius 1 is 1.47 bits per heavy atom. The predicted molar refractivity (Wildman–Crippen MR) is 74.1 cm³/mol. The lowest BCUT2D eigenvalue weighted by Gasteiger charge is -2.12. The van der Waals surface area contributed by atoms with Crippen LogP contribution in [0.25, 0.3) is 0 Å². The predicted octanol–water partition coefficient (Wildman–Crippen LogP) is 1.99. The van der Waals surface area contributed by atoms with Gasteiger partial charge >= 0.3 is 0 Å². The number of benzene rings is 1. The van der Waals surface area contributed by atoms with Crippen LogP contribution in [0.1, 0.15) is 29.4 Å². The zero-order chi connectivity index (χ0) is 13.2. The van der Waals surface area contributed by atoms with Crippen molar-refractivity contribution in [3.05, 3.63) is 47.5 Å². The molecule has 0 fully saturated rings. The van der Waals surface area contributed by atoms with Gasteiger partial charge in [0.1, 0.15) is 11.6 Å². The second-order valence-corrected chi connectivity index (χ2v) is 5.08. The zero-order valence-corrected chi connectivity index (χ0v) is 11.2. The fourth-order valence-electron chi connectivity index (χ4n) is 2.58. The van der Waals surface area contributed by atoms with Crippen molar-refractivity contribution in [2.75, 3.05) is 6.61 Å². The zero-order valence-electron chi connectivity index (χ0n) is 11.2. The van der Waals surface area contributed by atoms with Gasteiger partial charge in [0.25, 0.3) is 0 Å². The van der Waals surface area contributed by atoms with Crippen LogP contribution in [0.3, 0.4) is 0 Å². The second kappa shape index (κ2) is 5.05. The molecule has 2 aromatic rings. The molecule has 100 valence electrons. The fraction of sp³-hybridized carbons (Fsp3) is 0.400. The van der Waals surface area contributed by atoms with Gasteiger partial charge < -0.3 is 15.0 Å². The lowest BCUT2D eigenvalue weighted by atomic mass is 10.0. The summed E-state index contributed by atoms with van der Waals surface area (Å²) in [6, 6.07) is 6.44. The van der Waals surface area contributed by atoms with E-state index in [1.807, 2.05) is 17.8 Å². The second-order valence-electron chi connectivity index (χ2n) is 5.08. The Bertz CT molecular complexity index is 577. The largest absolute Gasteiger partial charge is 0.493 e. The van der Waals surface area contributed by atoms with E-state index in [2.05, 4.69) is 23.2 Å². The van der Waals surface area contributed by atoms with Crippen molar-refractivity contribution in [1.82, 2.24) is 9.55 Å². The van der Waals surface area contributed by atoms with Crippen molar-refractivity contribution >= 4 is 0 Å². The molecule has 3 rings (SSSR count). The minimum absolute atomic E-state index is 0.00972. The third-order valence-electron chi connectivity index (χ3n) is 3.69. The van der Waals surface area contributed by atoms with Gasteiger partial charge in [0.2, 0.25) is 0 Å². The van der Waals surface area contributed by atoms with E-state index in [0.29, 0.717) is 0 Å². The van der Waals surface area contributed by atoms with Crippen molar-refractivity contribution in [3.63, 3.8) is 0 Å². The van der Waals surface area contributed by atoms with E-state index >= 15 is 0 Å². The Hall–Kier alpha value is -1.81. The molecular formula is C15H19N3O. The minimum atomic E-state index is -0.00972. The SMILES string of the molecule is Cn1ccnc1C(N)CCc1ccc2c(c1)CCO2. The van der Waals surface area contributed by atoms with Crippen molar-refractivity contribution < 1.29 is 4.74 Å². The molecule has 4 nitrogen and oxygen atoms in total. The quantitative estimate of drug-likeness (QED) is 0.911. The third kappa shape index (κ3) is 2.49. The first-order valence-electron chi connectivity index (χ1n) is 6.71. The average molecular weight is 257 g/mol. The smallest absolute Gasteiger partial charge is 0.125 e. The number of aromatic nitrogens is 2. The first kappa shape index (κ1) is 12.2. The molecule has 0 saturated carbocycles. The normalized spacial score (nSPS) is 15.1. The van der Waals surface area contributed by atoms with E-state index in [1.165, 1.54) is 11.1 Å². The molecule has 19 heavy (non-hydrogen) atoms. The highest BCUT2D eigenvalue weighted by Gasteiger charge is 2.14. The summed E-state index contributed by atoms with van der Waals surface area (Å²) in [4.78, 5) is 4.30. The van der Waals surface area contributed by atoms with Gasteiger partial charge in [0, 0.05) is 25.9 Å². The first-order chi connectivity index (χ1) is 9.24. The molecule has 1 aromatic heterocycles. The van der Waals surface area contributed by atoms with Gasteiger partial charge in [0.15, 0.2) is 0 Å². The van der Waals surface area contributed by atoms with E-state index in [9.17, 15) is 0 Å². The number of ether oxygens (including phenoxy) is 1. The Balaban J connectivity index is 1.65. The maximum absolute atomic E-state index is 6.19. The lowest BCUT2D eigenvalue weighted by molar-refractivity contribution is 0.357. The van der Waals surface area contributed by atoms with Crippen LogP contribution in [0.4, 0.5) is 0 Å². The van der Waals surface area contributed by atoms with Crippen LogP contribution in [0.15, 0.2) is 30.6 Å². The Labute approximate surface area is 113 Å². The van der Waals surface area contributed by atoms with Crippen LogP contribution < -0.4 is 10.5 Å². The van der Waals surface area contributed by atoms with Crippen LogP contribution in [-0.2, 0) is 19.9 Å². The fourth-order valence-corrected chi connectivity index (χ4v) is 2.58. The van der Waals surface area contributed by atoms with Gasteiger partial charge in [-0.25, -0.2) is 4.98 Å². The number of rotatable bonds is 4. The lowest BCUT2D eigenvalue weighted by Crippen LogP contribution is -2.16. The van der Waals surface area contributed by atoms with Crippen LogP contribution in [0.2, 0.25) is 0 Å². The summed E-state index contributed by atoms with van der Waals surface area (Å²) in [5.74, 6) is 1.99. The van der Waals surface area contributed by atoms with E-state index in [-0.39, 0.29) is 6.04 Å². The van der Waals surface area contributed by atoms with Gasteiger partial charge in [-0.1, -0.05) is 12.1 Å². The van der Waals surface area contributed by atoms with E-state index < -0.39 is 0 Å². The molecule has 2 N–H and O–H groups in total.